The van der Waals surface area contributed by atoms with Crippen LogP contribution >= 0.6 is 7.82 Å². The number of phosphoric ester groups is 1. The third kappa shape index (κ3) is 14.8. The molecule has 2 atom stereocenters. The molecule has 23 heavy (non-hydrogen) atoms. The maximum absolute atomic E-state index is 11.6. The molecule has 1 unspecified atom stereocenters. The zero-order valence-electron chi connectivity index (χ0n) is 14.6. The summed E-state index contributed by atoms with van der Waals surface area (Å²) >= 11 is 0. The predicted molar refractivity (Wildman–Crippen MR) is 85.7 cm³/mol. The molecule has 0 rings (SSSR count). The van der Waals surface area contributed by atoms with Gasteiger partial charge in [0, 0.05) is 6.42 Å². The summed E-state index contributed by atoms with van der Waals surface area (Å²) in [7, 11) is 1.55. The van der Waals surface area contributed by atoms with E-state index in [2.05, 4.69) is 4.52 Å². The molecule has 0 aliphatic heterocycles. The van der Waals surface area contributed by atoms with Gasteiger partial charge in [0.25, 0.3) is 0 Å². The molecular formula is C14H31NO7P+. The van der Waals surface area contributed by atoms with Crippen molar-refractivity contribution in [3.63, 3.8) is 0 Å². The first-order valence-corrected chi connectivity index (χ1v) is 9.31. The Balaban J connectivity index is 3.87. The second-order valence-corrected chi connectivity index (χ2v) is 7.86. The summed E-state index contributed by atoms with van der Waals surface area (Å²) in [6.45, 7) is 1.90. The molecular weight excluding hydrogens is 325 g/mol. The average Bonchev–Trinajstić information content (AvgIpc) is 2.41. The van der Waals surface area contributed by atoms with Crippen LogP contribution in [0.4, 0.5) is 0 Å². The molecule has 0 saturated heterocycles. The molecule has 0 aromatic carbocycles. The Morgan fingerprint density at radius 1 is 1.17 bits per heavy atom. The lowest BCUT2D eigenvalue weighted by molar-refractivity contribution is -0.870. The van der Waals surface area contributed by atoms with Crippen molar-refractivity contribution >= 4 is 13.8 Å². The van der Waals surface area contributed by atoms with E-state index in [1.807, 2.05) is 28.1 Å². The highest BCUT2D eigenvalue weighted by molar-refractivity contribution is 7.47. The fourth-order valence-electron chi connectivity index (χ4n) is 1.48. The number of likely N-dealkylation sites (N-methyl/N-ethyl adjacent to an activating group) is 1. The van der Waals surface area contributed by atoms with Crippen molar-refractivity contribution in [2.45, 2.75) is 38.7 Å². The highest BCUT2D eigenvalue weighted by Crippen LogP contribution is 2.43. The van der Waals surface area contributed by atoms with Gasteiger partial charge in [-0.3, -0.25) is 13.8 Å². The van der Waals surface area contributed by atoms with Crippen LogP contribution in [-0.2, 0) is 23.1 Å². The number of hydrogen-bond acceptors (Lipinski definition) is 6. The number of esters is 1. The number of aliphatic hydroxyl groups is 1. The zero-order chi connectivity index (χ0) is 17.9. The SMILES string of the molecule is CCCCCC(=O)OC[C@@H](O)COP(=O)(O)OCC[N+](C)(C)C. The van der Waals surface area contributed by atoms with Crippen molar-refractivity contribution < 1.29 is 37.6 Å². The van der Waals surface area contributed by atoms with Crippen LogP contribution in [0.15, 0.2) is 0 Å². The predicted octanol–water partition coefficient (Wildman–Crippen LogP) is 1.31. The van der Waals surface area contributed by atoms with Crippen molar-refractivity contribution in [2.24, 2.45) is 0 Å². The molecule has 0 radical (unpaired) electrons. The number of quaternary nitrogens is 1. The van der Waals surface area contributed by atoms with Gasteiger partial charge in [0.15, 0.2) is 0 Å². The lowest BCUT2D eigenvalue weighted by Gasteiger charge is -2.24. The summed E-state index contributed by atoms with van der Waals surface area (Å²) in [4.78, 5) is 20.8. The van der Waals surface area contributed by atoms with Gasteiger partial charge >= 0.3 is 13.8 Å². The monoisotopic (exact) mass is 356 g/mol. The van der Waals surface area contributed by atoms with Gasteiger partial charge < -0.3 is 19.2 Å². The van der Waals surface area contributed by atoms with Gasteiger partial charge in [0.05, 0.1) is 27.7 Å². The van der Waals surface area contributed by atoms with E-state index >= 15 is 0 Å². The molecule has 8 nitrogen and oxygen atoms in total. The number of carbonyl (C=O) groups is 1. The second-order valence-electron chi connectivity index (χ2n) is 6.41. The number of phosphoric acid groups is 1. The molecule has 2 N–H and O–H groups in total. The van der Waals surface area contributed by atoms with Crippen molar-refractivity contribution in [1.29, 1.82) is 0 Å². The van der Waals surface area contributed by atoms with Crippen LogP contribution in [0.25, 0.3) is 0 Å². The van der Waals surface area contributed by atoms with Gasteiger partial charge in [0.2, 0.25) is 0 Å². The van der Waals surface area contributed by atoms with E-state index in [0.29, 0.717) is 17.4 Å². The van der Waals surface area contributed by atoms with Gasteiger partial charge in [0.1, 0.15) is 25.9 Å². The number of ether oxygens (including phenoxy) is 1. The quantitative estimate of drug-likeness (QED) is 0.222. The molecule has 0 aromatic heterocycles. The van der Waals surface area contributed by atoms with Gasteiger partial charge in [-0.05, 0) is 6.42 Å². The second kappa shape index (κ2) is 11.1. The molecule has 0 aromatic rings. The van der Waals surface area contributed by atoms with Gasteiger partial charge in [-0.15, -0.1) is 0 Å². The van der Waals surface area contributed by atoms with E-state index < -0.39 is 26.5 Å². The van der Waals surface area contributed by atoms with E-state index in [1.54, 1.807) is 0 Å². The van der Waals surface area contributed by atoms with Gasteiger partial charge in [-0.2, -0.15) is 0 Å². The third-order valence-electron chi connectivity index (χ3n) is 2.87. The minimum atomic E-state index is -4.21. The number of aliphatic hydroxyl groups excluding tert-OH is 1. The molecule has 138 valence electrons. The topological polar surface area (TPSA) is 102 Å². The van der Waals surface area contributed by atoms with Crippen molar-refractivity contribution in [3.8, 4) is 0 Å². The van der Waals surface area contributed by atoms with Crippen LogP contribution in [-0.4, -0.2) is 74.1 Å². The van der Waals surface area contributed by atoms with E-state index in [4.69, 9.17) is 9.26 Å². The first kappa shape index (κ1) is 22.5. The highest BCUT2D eigenvalue weighted by atomic mass is 31.2. The standard InChI is InChI=1S/C14H30NO7P/c1-5-6-7-8-14(17)20-11-13(16)12-22-23(18,19)21-10-9-15(2,3)4/h13,16H,5-12H2,1-4H3/p+1/t13-/m1/s1. The normalized spacial score (nSPS) is 15.9. The van der Waals surface area contributed by atoms with Gasteiger partial charge in [-0.25, -0.2) is 4.57 Å². The van der Waals surface area contributed by atoms with E-state index in [0.717, 1.165) is 19.3 Å². The maximum atomic E-state index is 11.6. The van der Waals surface area contributed by atoms with Crippen LogP contribution in [0.2, 0.25) is 0 Å². The number of rotatable bonds is 13. The van der Waals surface area contributed by atoms with Crippen LogP contribution in [0.5, 0.6) is 0 Å². The molecule has 0 aliphatic rings. The molecule has 0 saturated carbocycles. The zero-order valence-corrected chi connectivity index (χ0v) is 15.5. The van der Waals surface area contributed by atoms with Crippen LogP contribution in [0.3, 0.4) is 0 Å². The summed E-state index contributed by atoms with van der Waals surface area (Å²) in [5.74, 6) is -0.399. The fraction of sp³-hybridized carbons (Fsp3) is 0.929. The Kier molecular flexibility index (Phi) is 10.9. The van der Waals surface area contributed by atoms with Crippen LogP contribution in [0.1, 0.15) is 32.6 Å². The van der Waals surface area contributed by atoms with Crippen molar-refractivity contribution in [3.05, 3.63) is 0 Å². The number of unbranched alkanes of at least 4 members (excludes halogenated alkanes) is 2. The Hall–Kier alpha value is -0.500. The van der Waals surface area contributed by atoms with Gasteiger partial charge in [-0.1, -0.05) is 19.8 Å². The first-order valence-electron chi connectivity index (χ1n) is 7.82. The summed E-state index contributed by atoms with van der Waals surface area (Å²) in [6.07, 6.45) is 1.82. The number of nitrogens with zero attached hydrogens (tertiary/aromatic N) is 1. The number of carbonyl (C=O) groups excluding carboxylic acids is 1. The Labute approximate surface area is 138 Å². The Morgan fingerprint density at radius 3 is 2.39 bits per heavy atom. The summed E-state index contributed by atoms with van der Waals surface area (Å²) in [5.41, 5.74) is 0. The Morgan fingerprint density at radius 2 is 1.83 bits per heavy atom. The largest absolute Gasteiger partial charge is 0.472 e. The molecule has 9 heteroatoms. The lowest BCUT2D eigenvalue weighted by Crippen LogP contribution is -2.37. The average molecular weight is 356 g/mol. The smallest absolute Gasteiger partial charge is 0.463 e. The summed E-state index contributed by atoms with van der Waals surface area (Å²) in [5, 5.41) is 9.59. The summed E-state index contributed by atoms with van der Waals surface area (Å²) < 4.78 is 26.5. The molecule has 0 bridgehead atoms. The van der Waals surface area contributed by atoms with E-state index in [1.165, 1.54) is 0 Å². The highest BCUT2D eigenvalue weighted by Gasteiger charge is 2.24. The summed E-state index contributed by atoms with van der Waals surface area (Å²) in [6, 6.07) is 0. The number of hydrogen-bond donors (Lipinski definition) is 2. The lowest BCUT2D eigenvalue weighted by atomic mass is 10.2. The molecule has 0 fully saturated rings. The molecule has 0 aliphatic carbocycles. The van der Waals surface area contributed by atoms with E-state index in [9.17, 15) is 19.4 Å². The van der Waals surface area contributed by atoms with Crippen LogP contribution < -0.4 is 0 Å². The molecule has 0 amide bonds. The first-order chi connectivity index (χ1) is 10.6. The Bertz CT molecular complexity index is 384. The van der Waals surface area contributed by atoms with E-state index in [-0.39, 0.29) is 13.2 Å². The molecule has 0 spiro atoms. The third-order valence-corrected chi connectivity index (χ3v) is 3.85. The van der Waals surface area contributed by atoms with Crippen LogP contribution in [0, 0.1) is 0 Å². The molecule has 0 heterocycles. The maximum Gasteiger partial charge on any atom is 0.472 e. The minimum Gasteiger partial charge on any atom is -0.463 e. The fourth-order valence-corrected chi connectivity index (χ4v) is 2.22. The van der Waals surface area contributed by atoms with Crippen molar-refractivity contribution in [1.82, 2.24) is 0 Å². The minimum absolute atomic E-state index is 0.0553. The van der Waals surface area contributed by atoms with Crippen molar-refractivity contribution in [2.75, 3.05) is 47.5 Å².